The zero-order chi connectivity index (χ0) is 16.6. The largest absolute Gasteiger partial charge is 0.390 e. The maximum absolute atomic E-state index is 12.6. The zero-order valence-electron chi connectivity index (χ0n) is 13.8. The number of halogens is 1. The Morgan fingerprint density at radius 3 is 3.00 bits per heavy atom. The monoisotopic (exact) mass is 336 g/mol. The molecular formula is C18H25ClN2O2. The first kappa shape index (κ1) is 16.6. The van der Waals surface area contributed by atoms with Gasteiger partial charge in [0, 0.05) is 29.7 Å². The Hall–Kier alpha value is -1.26. The van der Waals surface area contributed by atoms with Gasteiger partial charge in [-0.1, -0.05) is 31.0 Å². The molecule has 126 valence electrons. The van der Waals surface area contributed by atoms with E-state index >= 15 is 0 Å². The summed E-state index contributed by atoms with van der Waals surface area (Å²) in [6.45, 7) is 5.37. The highest BCUT2D eigenvalue weighted by molar-refractivity contribution is 6.31. The number of benzene rings is 1. The highest BCUT2D eigenvalue weighted by Crippen LogP contribution is 2.44. The third-order valence-corrected chi connectivity index (χ3v) is 5.89. The van der Waals surface area contributed by atoms with Crippen molar-refractivity contribution in [3.8, 4) is 0 Å². The molecule has 0 bridgehead atoms. The lowest BCUT2D eigenvalue weighted by Gasteiger charge is -2.40. The molecule has 3 atom stereocenters. The molecule has 0 unspecified atom stereocenters. The fourth-order valence-corrected chi connectivity index (χ4v) is 4.33. The highest BCUT2D eigenvalue weighted by Gasteiger charge is 2.48. The molecule has 1 aliphatic carbocycles. The summed E-state index contributed by atoms with van der Waals surface area (Å²) < 4.78 is 0. The molecule has 3 rings (SSSR count). The molecule has 5 heteroatoms. The molecule has 2 fully saturated rings. The lowest BCUT2D eigenvalue weighted by molar-refractivity contribution is -0.0607. The number of anilines is 1. The quantitative estimate of drug-likeness (QED) is 0.856. The van der Waals surface area contributed by atoms with Gasteiger partial charge in [-0.05, 0) is 49.8 Å². The van der Waals surface area contributed by atoms with Crippen LogP contribution in [0.4, 0.5) is 10.5 Å². The van der Waals surface area contributed by atoms with Crippen LogP contribution in [0.15, 0.2) is 18.2 Å². The van der Waals surface area contributed by atoms with E-state index in [4.69, 9.17) is 11.6 Å². The second-order valence-corrected chi connectivity index (χ2v) is 7.45. The van der Waals surface area contributed by atoms with Gasteiger partial charge in [-0.15, -0.1) is 0 Å². The van der Waals surface area contributed by atoms with Crippen molar-refractivity contribution < 1.29 is 9.90 Å². The first-order valence-corrected chi connectivity index (χ1v) is 8.85. The number of aliphatic hydroxyl groups is 1. The molecule has 0 aromatic heterocycles. The number of rotatable bonds is 2. The number of fused-ring (bicyclic) bond motifs is 1. The number of aryl methyl sites for hydroxylation is 1. The van der Waals surface area contributed by atoms with Gasteiger partial charge in [0.05, 0.1) is 5.60 Å². The van der Waals surface area contributed by atoms with Gasteiger partial charge in [0.15, 0.2) is 0 Å². The molecule has 1 heterocycles. The Labute approximate surface area is 142 Å². The SMILES string of the molecule is CC[C@@]1(O)CCC[C@@H]2CN(C(=O)Nc3cc(Cl)ccc3C)C[C@@H]21. The predicted molar refractivity (Wildman–Crippen MR) is 92.9 cm³/mol. The van der Waals surface area contributed by atoms with Crippen LogP contribution in [0, 0.1) is 18.8 Å². The van der Waals surface area contributed by atoms with E-state index in [9.17, 15) is 9.90 Å². The van der Waals surface area contributed by atoms with Gasteiger partial charge in [-0.2, -0.15) is 0 Å². The molecule has 1 saturated heterocycles. The summed E-state index contributed by atoms with van der Waals surface area (Å²) in [5.74, 6) is 0.618. The average Bonchev–Trinajstić information content (AvgIpc) is 2.97. The van der Waals surface area contributed by atoms with Crippen molar-refractivity contribution in [2.24, 2.45) is 11.8 Å². The summed E-state index contributed by atoms with van der Waals surface area (Å²) >= 11 is 6.02. The van der Waals surface area contributed by atoms with E-state index < -0.39 is 5.60 Å². The molecule has 0 radical (unpaired) electrons. The fourth-order valence-electron chi connectivity index (χ4n) is 4.16. The van der Waals surface area contributed by atoms with Crippen molar-refractivity contribution in [2.45, 2.75) is 45.1 Å². The number of urea groups is 1. The van der Waals surface area contributed by atoms with Crippen molar-refractivity contribution in [3.63, 3.8) is 0 Å². The Morgan fingerprint density at radius 2 is 2.26 bits per heavy atom. The van der Waals surface area contributed by atoms with E-state index in [1.165, 1.54) is 0 Å². The second-order valence-electron chi connectivity index (χ2n) is 7.01. The maximum atomic E-state index is 12.6. The molecule has 1 aromatic carbocycles. The summed E-state index contributed by atoms with van der Waals surface area (Å²) in [5, 5.41) is 14.4. The number of likely N-dealkylation sites (tertiary alicyclic amines) is 1. The lowest BCUT2D eigenvalue weighted by Crippen LogP contribution is -2.44. The van der Waals surface area contributed by atoms with Gasteiger partial charge < -0.3 is 15.3 Å². The molecule has 2 amide bonds. The summed E-state index contributed by atoms with van der Waals surface area (Å²) in [6, 6.07) is 5.40. The van der Waals surface area contributed by atoms with Crippen LogP contribution in [0.1, 0.15) is 38.2 Å². The van der Waals surface area contributed by atoms with Crippen LogP contribution in [-0.2, 0) is 0 Å². The van der Waals surface area contributed by atoms with E-state index in [2.05, 4.69) is 5.32 Å². The Bertz CT molecular complexity index is 607. The number of hydrogen-bond acceptors (Lipinski definition) is 2. The normalized spacial score (nSPS) is 30.2. The molecule has 2 aliphatic rings. The van der Waals surface area contributed by atoms with Crippen LogP contribution in [0.2, 0.25) is 5.02 Å². The number of carbonyl (C=O) groups is 1. The van der Waals surface area contributed by atoms with E-state index in [1.54, 1.807) is 6.07 Å². The van der Waals surface area contributed by atoms with Crippen molar-refractivity contribution in [2.75, 3.05) is 18.4 Å². The highest BCUT2D eigenvalue weighted by atomic mass is 35.5. The Balaban J connectivity index is 1.71. The van der Waals surface area contributed by atoms with Crippen molar-refractivity contribution >= 4 is 23.3 Å². The van der Waals surface area contributed by atoms with Crippen molar-refractivity contribution in [3.05, 3.63) is 28.8 Å². The minimum Gasteiger partial charge on any atom is -0.390 e. The van der Waals surface area contributed by atoms with Crippen LogP contribution in [0.25, 0.3) is 0 Å². The summed E-state index contributed by atoms with van der Waals surface area (Å²) in [6.07, 6.45) is 3.77. The van der Waals surface area contributed by atoms with Gasteiger partial charge in [0.1, 0.15) is 0 Å². The van der Waals surface area contributed by atoms with Crippen molar-refractivity contribution in [1.82, 2.24) is 4.90 Å². The smallest absolute Gasteiger partial charge is 0.321 e. The Kier molecular flexibility index (Phi) is 4.56. The third kappa shape index (κ3) is 3.20. The van der Waals surface area contributed by atoms with Gasteiger partial charge in [-0.3, -0.25) is 0 Å². The van der Waals surface area contributed by atoms with Crippen LogP contribution in [-0.4, -0.2) is 34.7 Å². The number of nitrogens with one attached hydrogen (secondary N) is 1. The fraction of sp³-hybridized carbons (Fsp3) is 0.611. The number of carbonyl (C=O) groups excluding carboxylic acids is 1. The maximum Gasteiger partial charge on any atom is 0.321 e. The standard InChI is InChI=1S/C18H25ClN2O2/c1-3-18(23)8-4-5-13-10-21(11-15(13)18)17(22)20-16-9-14(19)7-6-12(16)2/h6-7,9,13,15,23H,3-5,8,10-11H2,1-2H3,(H,20,22)/t13-,15+,18-/m1/s1. The molecule has 0 spiro atoms. The summed E-state index contributed by atoms with van der Waals surface area (Å²) in [4.78, 5) is 14.5. The second kappa shape index (κ2) is 6.33. The van der Waals surface area contributed by atoms with Gasteiger partial charge in [0.25, 0.3) is 0 Å². The van der Waals surface area contributed by atoms with Crippen LogP contribution < -0.4 is 5.32 Å². The molecular weight excluding hydrogens is 312 g/mol. The Morgan fingerprint density at radius 1 is 1.48 bits per heavy atom. The number of hydrogen-bond donors (Lipinski definition) is 2. The molecule has 23 heavy (non-hydrogen) atoms. The van der Waals surface area contributed by atoms with Gasteiger partial charge in [0.2, 0.25) is 0 Å². The first-order chi connectivity index (χ1) is 10.9. The van der Waals surface area contributed by atoms with Crippen LogP contribution >= 0.6 is 11.6 Å². The predicted octanol–water partition coefficient (Wildman–Crippen LogP) is 4.05. The van der Waals surface area contributed by atoms with Crippen LogP contribution in [0.5, 0.6) is 0 Å². The minimum absolute atomic E-state index is 0.0942. The summed E-state index contributed by atoms with van der Waals surface area (Å²) in [7, 11) is 0. The van der Waals surface area contributed by atoms with E-state index in [-0.39, 0.29) is 11.9 Å². The number of nitrogens with zero attached hydrogens (tertiary/aromatic N) is 1. The zero-order valence-corrected chi connectivity index (χ0v) is 14.6. The minimum atomic E-state index is -0.607. The lowest BCUT2D eigenvalue weighted by atomic mass is 9.69. The first-order valence-electron chi connectivity index (χ1n) is 8.47. The molecule has 1 aliphatic heterocycles. The molecule has 4 nitrogen and oxygen atoms in total. The van der Waals surface area contributed by atoms with Gasteiger partial charge in [-0.25, -0.2) is 4.79 Å². The topological polar surface area (TPSA) is 52.6 Å². The average molecular weight is 337 g/mol. The van der Waals surface area contributed by atoms with E-state index in [0.29, 0.717) is 17.5 Å². The molecule has 1 saturated carbocycles. The molecule has 2 N–H and O–H groups in total. The van der Waals surface area contributed by atoms with E-state index in [1.807, 2.05) is 30.9 Å². The van der Waals surface area contributed by atoms with Gasteiger partial charge >= 0.3 is 6.03 Å². The van der Waals surface area contributed by atoms with Crippen LogP contribution in [0.3, 0.4) is 0 Å². The van der Waals surface area contributed by atoms with E-state index in [0.717, 1.165) is 43.5 Å². The van der Waals surface area contributed by atoms with Crippen molar-refractivity contribution in [1.29, 1.82) is 0 Å². The third-order valence-electron chi connectivity index (χ3n) is 5.66. The number of amides is 2. The molecule has 1 aromatic rings. The summed E-state index contributed by atoms with van der Waals surface area (Å²) in [5.41, 5.74) is 1.14.